The number of pyridine rings is 1. The zero-order valence-electron chi connectivity index (χ0n) is 13.5. The van der Waals surface area contributed by atoms with Crippen LogP contribution >= 0.6 is 11.6 Å². The Morgan fingerprint density at radius 2 is 1.84 bits per heavy atom. The molecule has 2 aromatic carbocycles. The summed E-state index contributed by atoms with van der Waals surface area (Å²) < 4.78 is 5.93. The number of aromatic amines is 1. The number of ether oxygens (including phenoxy) is 1. The third kappa shape index (κ3) is 3.73. The monoisotopic (exact) mass is 350 g/mol. The van der Waals surface area contributed by atoms with Crippen molar-refractivity contribution in [3.63, 3.8) is 0 Å². The number of benzene rings is 2. The third-order valence-electron chi connectivity index (χ3n) is 3.76. The maximum Gasteiger partial charge on any atom is 0.266 e. The van der Waals surface area contributed by atoms with Crippen molar-refractivity contribution in [3.05, 3.63) is 86.8 Å². The maximum absolute atomic E-state index is 12.1. The van der Waals surface area contributed by atoms with Gasteiger partial charge < -0.3 is 9.72 Å². The molecule has 0 unspecified atom stereocenters. The standard InChI is InChI=1S/C20H15ClN2O2/c1-13-10-17(18(11-22)20(24)23-13)16-4-2-3-5-19(16)25-12-14-6-8-15(21)9-7-14/h2-10H,12H2,1H3,(H,23,24). The molecule has 0 amide bonds. The summed E-state index contributed by atoms with van der Waals surface area (Å²) in [7, 11) is 0. The van der Waals surface area contributed by atoms with Gasteiger partial charge in [0.05, 0.1) is 0 Å². The average molecular weight is 351 g/mol. The molecule has 1 N–H and O–H groups in total. The minimum atomic E-state index is -0.398. The second kappa shape index (κ2) is 7.25. The van der Waals surface area contributed by atoms with E-state index < -0.39 is 5.56 Å². The van der Waals surface area contributed by atoms with Crippen molar-refractivity contribution >= 4 is 11.6 Å². The summed E-state index contributed by atoms with van der Waals surface area (Å²) in [5.74, 6) is 0.610. The fraction of sp³-hybridized carbons (Fsp3) is 0.100. The van der Waals surface area contributed by atoms with Crippen LogP contribution in [0.1, 0.15) is 16.8 Å². The Balaban J connectivity index is 1.98. The number of hydrogen-bond donors (Lipinski definition) is 1. The molecule has 5 heteroatoms. The van der Waals surface area contributed by atoms with E-state index in [9.17, 15) is 10.1 Å². The van der Waals surface area contributed by atoms with Crippen LogP contribution in [0.3, 0.4) is 0 Å². The Bertz CT molecular complexity index is 1000. The smallest absolute Gasteiger partial charge is 0.266 e. The molecule has 1 aromatic heterocycles. The van der Waals surface area contributed by atoms with E-state index in [0.717, 1.165) is 5.56 Å². The van der Waals surface area contributed by atoms with Crippen molar-refractivity contribution in [2.75, 3.05) is 0 Å². The molecule has 124 valence electrons. The lowest BCUT2D eigenvalue weighted by Gasteiger charge is -2.13. The van der Waals surface area contributed by atoms with Crippen molar-refractivity contribution in [2.45, 2.75) is 13.5 Å². The van der Waals surface area contributed by atoms with Crippen molar-refractivity contribution < 1.29 is 4.74 Å². The molecule has 0 aliphatic heterocycles. The van der Waals surface area contributed by atoms with Gasteiger partial charge in [-0.25, -0.2) is 0 Å². The normalized spacial score (nSPS) is 10.3. The first-order chi connectivity index (χ1) is 12.1. The molecule has 0 atom stereocenters. The molecule has 0 aliphatic rings. The van der Waals surface area contributed by atoms with E-state index in [0.29, 0.717) is 34.2 Å². The predicted molar refractivity (Wildman–Crippen MR) is 97.7 cm³/mol. The van der Waals surface area contributed by atoms with Crippen LogP contribution in [0.5, 0.6) is 5.75 Å². The van der Waals surface area contributed by atoms with Crippen LogP contribution in [0.15, 0.2) is 59.4 Å². The molecule has 25 heavy (non-hydrogen) atoms. The number of nitrogens with zero attached hydrogens (tertiary/aromatic N) is 1. The summed E-state index contributed by atoms with van der Waals surface area (Å²) in [6, 6.07) is 18.5. The minimum absolute atomic E-state index is 0.0770. The van der Waals surface area contributed by atoms with E-state index in [4.69, 9.17) is 16.3 Å². The Hall–Kier alpha value is -3.03. The summed E-state index contributed by atoms with van der Waals surface area (Å²) >= 11 is 5.89. The van der Waals surface area contributed by atoms with Gasteiger partial charge in [-0.05, 0) is 36.8 Å². The van der Waals surface area contributed by atoms with Gasteiger partial charge in [-0.1, -0.05) is 41.9 Å². The largest absolute Gasteiger partial charge is 0.488 e. The van der Waals surface area contributed by atoms with Crippen molar-refractivity contribution in [2.24, 2.45) is 0 Å². The van der Waals surface area contributed by atoms with E-state index >= 15 is 0 Å². The first kappa shape index (κ1) is 16.8. The number of aromatic nitrogens is 1. The fourth-order valence-electron chi connectivity index (χ4n) is 2.57. The zero-order chi connectivity index (χ0) is 17.8. The lowest BCUT2D eigenvalue weighted by atomic mass is 10.00. The molecule has 3 aromatic rings. The van der Waals surface area contributed by atoms with Gasteiger partial charge in [0, 0.05) is 21.8 Å². The van der Waals surface area contributed by atoms with Gasteiger partial charge in [0.25, 0.3) is 5.56 Å². The second-order valence-electron chi connectivity index (χ2n) is 5.59. The average Bonchev–Trinajstić information content (AvgIpc) is 2.61. The van der Waals surface area contributed by atoms with E-state index in [-0.39, 0.29) is 5.56 Å². The zero-order valence-corrected chi connectivity index (χ0v) is 14.3. The highest BCUT2D eigenvalue weighted by Gasteiger charge is 2.14. The molecule has 0 bridgehead atoms. The van der Waals surface area contributed by atoms with Gasteiger partial charge in [-0.3, -0.25) is 4.79 Å². The molecule has 0 aliphatic carbocycles. The second-order valence-corrected chi connectivity index (χ2v) is 6.03. The number of nitriles is 1. The number of hydrogen-bond acceptors (Lipinski definition) is 3. The SMILES string of the molecule is Cc1cc(-c2ccccc2OCc2ccc(Cl)cc2)c(C#N)c(=O)[nH]1. The summed E-state index contributed by atoms with van der Waals surface area (Å²) in [6.45, 7) is 2.14. The van der Waals surface area contributed by atoms with Crippen LogP contribution in [0, 0.1) is 18.3 Å². The van der Waals surface area contributed by atoms with Crippen molar-refractivity contribution in [3.8, 4) is 22.9 Å². The molecule has 0 saturated heterocycles. The van der Waals surface area contributed by atoms with E-state index in [1.165, 1.54) is 0 Å². The fourth-order valence-corrected chi connectivity index (χ4v) is 2.69. The van der Waals surface area contributed by atoms with Gasteiger partial charge in [0.1, 0.15) is 24.0 Å². The Morgan fingerprint density at radius 1 is 1.12 bits per heavy atom. The van der Waals surface area contributed by atoms with Crippen LogP contribution in [0.25, 0.3) is 11.1 Å². The first-order valence-electron chi connectivity index (χ1n) is 7.69. The Labute approximate surface area is 150 Å². The molecule has 0 radical (unpaired) electrons. The Morgan fingerprint density at radius 3 is 2.56 bits per heavy atom. The van der Waals surface area contributed by atoms with Gasteiger partial charge >= 0.3 is 0 Å². The summed E-state index contributed by atoms with van der Waals surface area (Å²) in [5, 5.41) is 10.0. The number of aryl methyl sites for hydroxylation is 1. The van der Waals surface area contributed by atoms with E-state index in [1.807, 2.05) is 42.5 Å². The maximum atomic E-state index is 12.1. The summed E-state index contributed by atoms with van der Waals surface area (Å²) in [4.78, 5) is 14.7. The number of H-pyrrole nitrogens is 1. The van der Waals surface area contributed by atoms with Crippen molar-refractivity contribution in [1.29, 1.82) is 5.26 Å². The van der Waals surface area contributed by atoms with Gasteiger partial charge in [-0.2, -0.15) is 5.26 Å². The van der Waals surface area contributed by atoms with Gasteiger partial charge in [0.2, 0.25) is 0 Å². The number of nitrogens with one attached hydrogen (secondary N) is 1. The van der Waals surface area contributed by atoms with Crippen LogP contribution < -0.4 is 10.3 Å². The van der Waals surface area contributed by atoms with Gasteiger partial charge in [-0.15, -0.1) is 0 Å². The summed E-state index contributed by atoms with van der Waals surface area (Å²) in [5.41, 5.74) is 2.61. The van der Waals surface area contributed by atoms with Crippen LogP contribution in [0.4, 0.5) is 0 Å². The topological polar surface area (TPSA) is 65.9 Å². The molecule has 4 nitrogen and oxygen atoms in total. The van der Waals surface area contributed by atoms with Crippen LogP contribution in [0.2, 0.25) is 5.02 Å². The minimum Gasteiger partial charge on any atom is -0.488 e. The van der Waals surface area contributed by atoms with Crippen LogP contribution in [-0.2, 0) is 6.61 Å². The third-order valence-corrected chi connectivity index (χ3v) is 4.02. The highest BCUT2D eigenvalue weighted by Crippen LogP contribution is 2.32. The Kier molecular flexibility index (Phi) is 4.87. The quantitative estimate of drug-likeness (QED) is 0.755. The van der Waals surface area contributed by atoms with Crippen LogP contribution in [-0.4, -0.2) is 4.98 Å². The number of para-hydroxylation sites is 1. The highest BCUT2D eigenvalue weighted by molar-refractivity contribution is 6.30. The molecule has 3 rings (SSSR count). The predicted octanol–water partition coefficient (Wildman–Crippen LogP) is 4.45. The van der Waals surface area contributed by atoms with E-state index in [2.05, 4.69) is 4.98 Å². The molecule has 0 saturated carbocycles. The molecule has 0 fully saturated rings. The number of rotatable bonds is 4. The lowest BCUT2D eigenvalue weighted by molar-refractivity contribution is 0.307. The van der Waals surface area contributed by atoms with Crippen molar-refractivity contribution in [1.82, 2.24) is 4.98 Å². The molecule has 0 spiro atoms. The molecular formula is C20H15ClN2O2. The number of halogens is 1. The highest BCUT2D eigenvalue weighted by atomic mass is 35.5. The molecule has 1 heterocycles. The van der Waals surface area contributed by atoms with Gasteiger partial charge in [0.15, 0.2) is 0 Å². The first-order valence-corrected chi connectivity index (χ1v) is 8.07. The van der Waals surface area contributed by atoms with E-state index in [1.54, 1.807) is 25.1 Å². The summed E-state index contributed by atoms with van der Waals surface area (Å²) in [6.07, 6.45) is 0. The lowest BCUT2D eigenvalue weighted by Crippen LogP contribution is -2.13. The molecular weight excluding hydrogens is 336 g/mol.